The predicted octanol–water partition coefficient (Wildman–Crippen LogP) is 0.0417. The summed E-state index contributed by atoms with van der Waals surface area (Å²) in [7, 11) is 0. The number of aliphatic hydroxyl groups excluding tert-OH is 1. The molecule has 74 valence electrons. The van der Waals surface area contributed by atoms with E-state index in [1.807, 2.05) is 0 Å². The highest BCUT2D eigenvalue weighted by Crippen LogP contribution is 2.42. The molecule has 13 heavy (non-hydrogen) atoms. The Morgan fingerprint density at radius 3 is 2.92 bits per heavy atom. The Hall–Kier alpha value is -0.160. The van der Waals surface area contributed by atoms with Crippen molar-refractivity contribution in [3.63, 3.8) is 0 Å². The van der Waals surface area contributed by atoms with Crippen LogP contribution in [0.5, 0.6) is 0 Å². The van der Waals surface area contributed by atoms with E-state index >= 15 is 0 Å². The maximum absolute atomic E-state index is 9.92. The van der Waals surface area contributed by atoms with Crippen LogP contribution in [0.15, 0.2) is 0 Å². The van der Waals surface area contributed by atoms with Crippen molar-refractivity contribution in [1.82, 2.24) is 0 Å². The van der Waals surface area contributed by atoms with Gasteiger partial charge >= 0.3 is 0 Å². The van der Waals surface area contributed by atoms with E-state index in [2.05, 4.69) is 0 Å². The van der Waals surface area contributed by atoms with Crippen molar-refractivity contribution in [1.29, 1.82) is 0 Å². The normalized spacial score (nSPS) is 54.7. The van der Waals surface area contributed by atoms with Gasteiger partial charge in [-0.15, -0.1) is 0 Å². The lowest BCUT2D eigenvalue weighted by atomic mass is 9.94. The van der Waals surface area contributed by atoms with E-state index in [0.717, 1.165) is 19.3 Å². The van der Waals surface area contributed by atoms with E-state index in [1.54, 1.807) is 0 Å². The SMILES string of the molecule is O[C@@H]1[C@@H]2O[C@@H]2CO[C@]12CCCCO2. The number of hydrogen-bond donors (Lipinski definition) is 1. The van der Waals surface area contributed by atoms with Gasteiger partial charge in [-0.2, -0.15) is 0 Å². The number of ether oxygens (including phenoxy) is 3. The molecule has 3 saturated heterocycles. The van der Waals surface area contributed by atoms with E-state index in [0.29, 0.717) is 13.2 Å². The zero-order chi connectivity index (χ0) is 8.89. The molecule has 3 aliphatic heterocycles. The average molecular weight is 186 g/mol. The number of fused-ring (bicyclic) bond motifs is 1. The van der Waals surface area contributed by atoms with Crippen molar-refractivity contribution < 1.29 is 19.3 Å². The number of aliphatic hydroxyl groups is 1. The molecule has 3 heterocycles. The Balaban J connectivity index is 1.79. The molecular formula is C9H14O4. The fourth-order valence-electron chi connectivity index (χ4n) is 2.26. The summed E-state index contributed by atoms with van der Waals surface area (Å²) in [6.45, 7) is 1.26. The third kappa shape index (κ3) is 1.13. The fraction of sp³-hybridized carbons (Fsp3) is 1.00. The third-order valence-corrected chi connectivity index (χ3v) is 3.14. The van der Waals surface area contributed by atoms with Crippen molar-refractivity contribution in [2.24, 2.45) is 0 Å². The largest absolute Gasteiger partial charge is 0.385 e. The van der Waals surface area contributed by atoms with E-state index in [4.69, 9.17) is 14.2 Å². The topological polar surface area (TPSA) is 51.2 Å². The molecule has 0 amide bonds. The third-order valence-electron chi connectivity index (χ3n) is 3.14. The second-order valence-corrected chi connectivity index (χ2v) is 4.01. The predicted molar refractivity (Wildman–Crippen MR) is 43.2 cm³/mol. The summed E-state index contributed by atoms with van der Waals surface area (Å²) in [4.78, 5) is 0. The molecule has 0 saturated carbocycles. The first kappa shape index (κ1) is 8.17. The van der Waals surface area contributed by atoms with Crippen LogP contribution in [-0.4, -0.2) is 42.4 Å². The summed E-state index contributed by atoms with van der Waals surface area (Å²) in [6.07, 6.45) is 2.41. The highest BCUT2D eigenvalue weighted by atomic mass is 16.7. The van der Waals surface area contributed by atoms with Crippen LogP contribution >= 0.6 is 0 Å². The maximum Gasteiger partial charge on any atom is 0.197 e. The minimum Gasteiger partial charge on any atom is -0.385 e. The second kappa shape index (κ2) is 2.67. The van der Waals surface area contributed by atoms with Gasteiger partial charge in [0.1, 0.15) is 18.3 Å². The van der Waals surface area contributed by atoms with Gasteiger partial charge in [-0.25, -0.2) is 0 Å². The molecule has 0 unspecified atom stereocenters. The van der Waals surface area contributed by atoms with Crippen LogP contribution in [0.3, 0.4) is 0 Å². The standard InChI is InChI=1S/C9H14O4/c10-8-7-6(13-7)5-12-9(8)3-1-2-4-11-9/h6-8,10H,1-5H2/t6-,7-,8-,9-/m1/s1. The molecule has 0 aliphatic carbocycles. The minimum atomic E-state index is -0.740. The molecule has 0 aromatic carbocycles. The first-order valence-electron chi connectivity index (χ1n) is 4.93. The average Bonchev–Trinajstić information content (AvgIpc) is 2.94. The lowest BCUT2D eigenvalue weighted by molar-refractivity contribution is -0.308. The monoisotopic (exact) mass is 186 g/mol. The molecule has 3 fully saturated rings. The number of rotatable bonds is 0. The van der Waals surface area contributed by atoms with Crippen LogP contribution in [0.4, 0.5) is 0 Å². The first-order chi connectivity index (χ1) is 6.32. The maximum atomic E-state index is 9.92. The van der Waals surface area contributed by atoms with Crippen LogP contribution in [0.2, 0.25) is 0 Å². The van der Waals surface area contributed by atoms with Crippen LogP contribution in [0.1, 0.15) is 19.3 Å². The highest BCUT2D eigenvalue weighted by molar-refractivity contribution is 5.02. The summed E-state index contributed by atoms with van der Waals surface area (Å²) in [5.41, 5.74) is 0. The molecule has 3 aliphatic rings. The summed E-state index contributed by atoms with van der Waals surface area (Å²) in [5, 5.41) is 9.92. The van der Waals surface area contributed by atoms with Gasteiger partial charge in [-0.05, 0) is 12.8 Å². The van der Waals surface area contributed by atoms with Gasteiger partial charge in [0.25, 0.3) is 0 Å². The minimum absolute atomic E-state index is 0.0353. The Bertz CT molecular complexity index is 212. The van der Waals surface area contributed by atoms with Crippen molar-refractivity contribution in [2.45, 2.75) is 43.4 Å². The molecule has 4 atom stereocenters. The zero-order valence-electron chi connectivity index (χ0n) is 7.44. The van der Waals surface area contributed by atoms with Crippen molar-refractivity contribution in [2.75, 3.05) is 13.2 Å². The van der Waals surface area contributed by atoms with Gasteiger partial charge < -0.3 is 19.3 Å². The van der Waals surface area contributed by atoms with Gasteiger partial charge in [0.2, 0.25) is 0 Å². The Labute approximate surface area is 76.8 Å². The van der Waals surface area contributed by atoms with Gasteiger partial charge in [-0.1, -0.05) is 0 Å². The molecule has 3 rings (SSSR count). The van der Waals surface area contributed by atoms with Crippen LogP contribution in [0.25, 0.3) is 0 Å². The number of hydrogen-bond acceptors (Lipinski definition) is 4. The summed E-state index contributed by atoms with van der Waals surface area (Å²) >= 11 is 0. The lowest BCUT2D eigenvalue weighted by Crippen LogP contribution is -2.55. The van der Waals surface area contributed by atoms with Crippen molar-refractivity contribution in [3.05, 3.63) is 0 Å². The molecule has 0 radical (unpaired) electrons. The molecular weight excluding hydrogens is 172 g/mol. The van der Waals surface area contributed by atoms with Gasteiger partial charge in [0, 0.05) is 6.42 Å². The Morgan fingerprint density at radius 1 is 1.23 bits per heavy atom. The lowest BCUT2D eigenvalue weighted by Gasteiger charge is -2.41. The van der Waals surface area contributed by atoms with Crippen LogP contribution < -0.4 is 0 Å². The Kier molecular flexibility index (Phi) is 1.68. The number of epoxide rings is 1. The molecule has 4 nitrogen and oxygen atoms in total. The Morgan fingerprint density at radius 2 is 2.15 bits per heavy atom. The van der Waals surface area contributed by atoms with E-state index in [1.165, 1.54) is 0 Å². The van der Waals surface area contributed by atoms with Crippen LogP contribution in [-0.2, 0) is 14.2 Å². The molecule has 1 N–H and O–H groups in total. The van der Waals surface area contributed by atoms with E-state index in [9.17, 15) is 5.11 Å². The molecule has 0 aromatic rings. The quantitative estimate of drug-likeness (QED) is 0.543. The summed E-state index contributed by atoms with van der Waals surface area (Å²) in [6, 6.07) is 0. The van der Waals surface area contributed by atoms with E-state index < -0.39 is 11.9 Å². The van der Waals surface area contributed by atoms with Crippen molar-refractivity contribution in [3.8, 4) is 0 Å². The molecule has 4 heteroatoms. The van der Waals surface area contributed by atoms with Crippen molar-refractivity contribution >= 4 is 0 Å². The summed E-state index contributed by atoms with van der Waals surface area (Å²) in [5.74, 6) is -0.740. The zero-order valence-corrected chi connectivity index (χ0v) is 7.44. The molecule has 1 spiro atoms. The van der Waals surface area contributed by atoms with Gasteiger partial charge in [0.15, 0.2) is 5.79 Å². The molecule has 0 aromatic heterocycles. The van der Waals surface area contributed by atoms with Gasteiger partial charge in [-0.3, -0.25) is 0 Å². The molecule has 0 bridgehead atoms. The highest BCUT2D eigenvalue weighted by Gasteiger charge is 2.60. The second-order valence-electron chi connectivity index (χ2n) is 4.01. The smallest absolute Gasteiger partial charge is 0.197 e. The van der Waals surface area contributed by atoms with Gasteiger partial charge in [0.05, 0.1) is 13.2 Å². The first-order valence-corrected chi connectivity index (χ1v) is 4.93. The summed E-state index contributed by atoms with van der Waals surface area (Å²) < 4.78 is 16.4. The van der Waals surface area contributed by atoms with E-state index in [-0.39, 0.29) is 12.2 Å². The fourth-order valence-corrected chi connectivity index (χ4v) is 2.26. The van der Waals surface area contributed by atoms with Crippen LogP contribution in [0, 0.1) is 0 Å².